The molecule has 2 aromatic rings. The Morgan fingerprint density at radius 3 is 2.60 bits per heavy atom. The predicted octanol–water partition coefficient (Wildman–Crippen LogP) is 4.81. The number of amides is 2. The monoisotopic (exact) mass is 511 g/mol. The molecule has 0 atom stereocenters. The van der Waals surface area contributed by atoms with Crippen LogP contribution in [0.2, 0.25) is 5.02 Å². The van der Waals surface area contributed by atoms with Crippen molar-refractivity contribution >= 4 is 62.5 Å². The van der Waals surface area contributed by atoms with E-state index in [0.29, 0.717) is 33.7 Å². The summed E-state index contributed by atoms with van der Waals surface area (Å²) < 4.78 is 12.1. The van der Waals surface area contributed by atoms with Crippen molar-refractivity contribution in [3.63, 3.8) is 0 Å². The molecular weight excluding hydrogens is 498 g/mol. The molecule has 30 heavy (non-hydrogen) atoms. The molecule has 2 amide bonds. The molecule has 7 nitrogen and oxygen atoms in total. The summed E-state index contributed by atoms with van der Waals surface area (Å²) in [7, 11) is 1.46. The normalized spacial score (nSPS) is 15.0. The van der Waals surface area contributed by atoms with Gasteiger partial charge in [-0.2, -0.15) is 0 Å². The van der Waals surface area contributed by atoms with E-state index in [2.05, 4.69) is 15.9 Å². The van der Waals surface area contributed by atoms with E-state index in [1.165, 1.54) is 13.2 Å². The zero-order valence-electron chi connectivity index (χ0n) is 15.6. The quantitative estimate of drug-likeness (QED) is 0.532. The number of carbonyl (C=O) groups is 3. The van der Waals surface area contributed by atoms with Crippen LogP contribution in [0.3, 0.4) is 0 Å². The van der Waals surface area contributed by atoms with Crippen LogP contribution in [0.25, 0.3) is 6.08 Å². The van der Waals surface area contributed by atoms with Gasteiger partial charge in [0.1, 0.15) is 13.2 Å². The Morgan fingerprint density at radius 1 is 1.27 bits per heavy atom. The molecule has 10 heteroatoms. The second-order valence-electron chi connectivity index (χ2n) is 6.11. The Kier molecular flexibility index (Phi) is 7.06. The van der Waals surface area contributed by atoms with Crippen LogP contribution in [0.4, 0.5) is 4.79 Å². The van der Waals surface area contributed by atoms with Crippen molar-refractivity contribution in [2.45, 2.75) is 6.61 Å². The van der Waals surface area contributed by atoms with Crippen molar-refractivity contribution in [1.82, 2.24) is 4.90 Å². The summed E-state index contributed by atoms with van der Waals surface area (Å²) in [6.07, 6.45) is 1.46. The fourth-order valence-electron chi connectivity index (χ4n) is 2.62. The number of benzene rings is 2. The van der Waals surface area contributed by atoms with Crippen molar-refractivity contribution in [2.24, 2.45) is 0 Å². The maximum Gasteiger partial charge on any atom is 0.323 e. The molecule has 3 rings (SSSR count). The number of imide groups is 1. The lowest BCUT2D eigenvalue weighted by molar-refractivity contribution is -0.140. The zero-order valence-corrected chi connectivity index (χ0v) is 18.7. The first-order valence-electron chi connectivity index (χ1n) is 8.50. The topological polar surface area (TPSA) is 93.1 Å². The summed E-state index contributed by atoms with van der Waals surface area (Å²) in [5.41, 5.74) is 1.45. The van der Waals surface area contributed by atoms with E-state index in [0.717, 1.165) is 10.0 Å². The minimum Gasteiger partial charge on any atom is -0.493 e. The number of carboxylic acids is 1. The number of thioether (sulfide) groups is 1. The molecule has 156 valence electrons. The molecule has 0 aromatic heterocycles. The van der Waals surface area contributed by atoms with Gasteiger partial charge in [-0.25, -0.2) is 0 Å². The first kappa shape index (κ1) is 22.2. The highest BCUT2D eigenvalue weighted by Gasteiger charge is 2.36. The van der Waals surface area contributed by atoms with Crippen molar-refractivity contribution in [3.8, 4) is 11.5 Å². The second-order valence-corrected chi connectivity index (χ2v) is 8.43. The second kappa shape index (κ2) is 9.55. The Bertz CT molecular complexity index is 1040. The number of carboxylic acid groups (broad SMARTS) is 1. The molecule has 1 fully saturated rings. The van der Waals surface area contributed by atoms with Crippen molar-refractivity contribution in [3.05, 3.63) is 61.9 Å². The van der Waals surface area contributed by atoms with E-state index < -0.39 is 23.7 Å². The minimum atomic E-state index is -1.27. The third kappa shape index (κ3) is 5.16. The average molecular weight is 513 g/mol. The highest BCUT2D eigenvalue weighted by atomic mass is 79.9. The molecule has 1 heterocycles. The van der Waals surface area contributed by atoms with Crippen LogP contribution in [0.1, 0.15) is 11.1 Å². The third-order valence-electron chi connectivity index (χ3n) is 4.01. The largest absolute Gasteiger partial charge is 0.493 e. The molecule has 0 unspecified atom stereocenters. The molecule has 0 bridgehead atoms. The minimum absolute atomic E-state index is 0.0999. The number of hydrogen-bond acceptors (Lipinski definition) is 6. The van der Waals surface area contributed by atoms with Gasteiger partial charge < -0.3 is 14.6 Å². The molecule has 0 saturated carbocycles. The van der Waals surface area contributed by atoms with Gasteiger partial charge in [-0.05, 0) is 53.2 Å². The van der Waals surface area contributed by atoms with E-state index in [9.17, 15) is 14.4 Å². The SMILES string of the molecule is COc1cc(/C=C2/SC(=O)N(CC(=O)O)C2=O)cc(Cl)c1OCc1ccc(Br)cc1. The number of aliphatic carboxylic acids is 1. The van der Waals surface area contributed by atoms with Crippen LogP contribution in [0, 0.1) is 0 Å². The summed E-state index contributed by atoms with van der Waals surface area (Å²) in [5, 5.41) is 8.47. The first-order valence-corrected chi connectivity index (χ1v) is 10.5. The summed E-state index contributed by atoms with van der Waals surface area (Å²) >= 11 is 10.4. The van der Waals surface area contributed by atoms with Gasteiger partial charge >= 0.3 is 5.97 Å². The van der Waals surface area contributed by atoms with Gasteiger partial charge in [0.15, 0.2) is 11.5 Å². The van der Waals surface area contributed by atoms with Crippen molar-refractivity contribution in [1.29, 1.82) is 0 Å². The Hall–Kier alpha value is -2.49. The molecule has 1 N–H and O–H groups in total. The maximum atomic E-state index is 12.3. The molecule has 1 saturated heterocycles. The number of ether oxygens (including phenoxy) is 2. The molecule has 1 aliphatic rings. The van der Waals surface area contributed by atoms with Gasteiger partial charge in [-0.1, -0.05) is 39.7 Å². The van der Waals surface area contributed by atoms with Gasteiger partial charge in [0.05, 0.1) is 17.0 Å². The average Bonchev–Trinajstić information content (AvgIpc) is 2.95. The lowest BCUT2D eigenvalue weighted by atomic mass is 10.1. The van der Waals surface area contributed by atoms with E-state index in [-0.39, 0.29) is 16.5 Å². The fourth-order valence-corrected chi connectivity index (χ4v) is 4.00. The number of carbonyl (C=O) groups excluding carboxylic acids is 2. The highest BCUT2D eigenvalue weighted by molar-refractivity contribution is 9.10. The standard InChI is InChI=1S/C20H15BrClNO6S/c1-28-15-7-12(8-16-19(26)23(9-17(24)25)20(27)30-16)6-14(22)18(15)29-10-11-2-4-13(21)5-3-11/h2-8H,9-10H2,1H3,(H,24,25)/b16-8+. The molecular formula is C20H15BrClNO6S. The molecule has 0 aliphatic carbocycles. The number of rotatable bonds is 7. The summed E-state index contributed by atoms with van der Waals surface area (Å²) in [4.78, 5) is 35.8. The third-order valence-corrected chi connectivity index (χ3v) is 5.73. The molecule has 2 aromatic carbocycles. The first-order chi connectivity index (χ1) is 14.3. The summed E-state index contributed by atoms with van der Waals surface area (Å²) in [6, 6.07) is 10.8. The van der Waals surface area contributed by atoms with Crippen LogP contribution in [-0.4, -0.2) is 40.8 Å². The van der Waals surface area contributed by atoms with Crippen LogP contribution >= 0.6 is 39.3 Å². The van der Waals surface area contributed by atoms with Crippen LogP contribution in [0.15, 0.2) is 45.8 Å². The number of hydrogen-bond donors (Lipinski definition) is 1. The van der Waals surface area contributed by atoms with Crippen molar-refractivity contribution in [2.75, 3.05) is 13.7 Å². The van der Waals surface area contributed by atoms with Gasteiger partial charge in [0.2, 0.25) is 0 Å². The molecule has 0 radical (unpaired) electrons. The van der Waals surface area contributed by atoms with E-state index in [1.54, 1.807) is 12.1 Å². The summed E-state index contributed by atoms with van der Waals surface area (Å²) in [6.45, 7) is -0.411. The Morgan fingerprint density at radius 2 is 1.97 bits per heavy atom. The number of halogens is 2. The van der Waals surface area contributed by atoms with Crippen LogP contribution in [-0.2, 0) is 16.2 Å². The van der Waals surface area contributed by atoms with Crippen LogP contribution in [0.5, 0.6) is 11.5 Å². The predicted molar refractivity (Wildman–Crippen MR) is 117 cm³/mol. The maximum absolute atomic E-state index is 12.3. The van der Waals surface area contributed by atoms with Crippen LogP contribution < -0.4 is 9.47 Å². The molecule has 1 aliphatic heterocycles. The van der Waals surface area contributed by atoms with Gasteiger partial charge in [0.25, 0.3) is 11.1 Å². The zero-order chi connectivity index (χ0) is 21.8. The number of methoxy groups -OCH3 is 1. The highest BCUT2D eigenvalue weighted by Crippen LogP contribution is 2.39. The lowest BCUT2D eigenvalue weighted by Crippen LogP contribution is -2.33. The van der Waals surface area contributed by atoms with Gasteiger partial charge in [-0.3, -0.25) is 19.3 Å². The van der Waals surface area contributed by atoms with Crippen molar-refractivity contribution < 1.29 is 29.0 Å². The van der Waals surface area contributed by atoms with Gasteiger partial charge in [-0.15, -0.1) is 0 Å². The Labute approximate surface area is 189 Å². The van der Waals surface area contributed by atoms with E-state index in [1.807, 2.05) is 24.3 Å². The number of nitrogens with zero attached hydrogens (tertiary/aromatic N) is 1. The molecule has 0 spiro atoms. The summed E-state index contributed by atoms with van der Waals surface area (Å²) in [5.74, 6) is -1.23. The van der Waals surface area contributed by atoms with E-state index in [4.69, 9.17) is 26.2 Å². The smallest absolute Gasteiger partial charge is 0.323 e. The fraction of sp³-hybridized carbons (Fsp3) is 0.150. The van der Waals surface area contributed by atoms with Gasteiger partial charge in [0, 0.05) is 4.47 Å². The lowest BCUT2D eigenvalue weighted by Gasteiger charge is -2.13. The Balaban J connectivity index is 1.82. The van der Waals surface area contributed by atoms with E-state index >= 15 is 0 Å².